The van der Waals surface area contributed by atoms with Crippen molar-refractivity contribution in [1.82, 2.24) is 4.90 Å². The molecular weight excluding hydrogens is 218 g/mol. The number of rotatable bonds is 5. The van der Waals surface area contributed by atoms with E-state index in [1.165, 1.54) is 13.2 Å². The normalized spacial score (nSPS) is 10.3. The van der Waals surface area contributed by atoms with E-state index < -0.39 is 0 Å². The van der Waals surface area contributed by atoms with Crippen molar-refractivity contribution in [2.24, 2.45) is 0 Å². The third kappa shape index (κ3) is 4.59. The molecule has 0 saturated heterocycles. The number of nitrogens with zero attached hydrogens (tertiary/aromatic N) is 1. The SMILES string of the molecule is COC(=O)C=CN(C)Cc1ccc(OC)cc1. The minimum atomic E-state index is -0.355. The van der Waals surface area contributed by atoms with Crippen LogP contribution >= 0.6 is 0 Å². The Morgan fingerprint density at radius 1 is 1.29 bits per heavy atom. The maximum absolute atomic E-state index is 10.9. The molecule has 0 spiro atoms. The van der Waals surface area contributed by atoms with Crippen LogP contribution in [0.3, 0.4) is 0 Å². The topological polar surface area (TPSA) is 38.8 Å². The van der Waals surface area contributed by atoms with Gasteiger partial charge in [0.25, 0.3) is 0 Å². The number of carbonyl (C=O) groups is 1. The van der Waals surface area contributed by atoms with Gasteiger partial charge < -0.3 is 14.4 Å². The van der Waals surface area contributed by atoms with E-state index >= 15 is 0 Å². The molecular formula is C13H17NO3. The van der Waals surface area contributed by atoms with Crippen molar-refractivity contribution in [3.05, 3.63) is 42.1 Å². The lowest BCUT2D eigenvalue weighted by Crippen LogP contribution is -2.11. The van der Waals surface area contributed by atoms with Crippen LogP contribution in [0.2, 0.25) is 0 Å². The molecule has 0 atom stereocenters. The van der Waals surface area contributed by atoms with Crippen LogP contribution < -0.4 is 4.74 Å². The van der Waals surface area contributed by atoms with Gasteiger partial charge in [-0.25, -0.2) is 4.79 Å². The van der Waals surface area contributed by atoms with Gasteiger partial charge in [0, 0.05) is 25.9 Å². The lowest BCUT2D eigenvalue weighted by atomic mass is 10.2. The van der Waals surface area contributed by atoms with Crippen molar-refractivity contribution in [1.29, 1.82) is 0 Å². The van der Waals surface area contributed by atoms with Gasteiger partial charge in [0.2, 0.25) is 0 Å². The number of benzene rings is 1. The fourth-order valence-corrected chi connectivity index (χ4v) is 1.33. The Hall–Kier alpha value is -1.97. The third-order valence-corrected chi connectivity index (χ3v) is 2.26. The Bertz CT molecular complexity index is 384. The Balaban J connectivity index is 2.52. The fourth-order valence-electron chi connectivity index (χ4n) is 1.33. The van der Waals surface area contributed by atoms with E-state index in [-0.39, 0.29) is 5.97 Å². The summed E-state index contributed by atoms with van der Waals surface area (Å²) >= 11 is 0. The summed E-state index contributed by atoms with van der Waals surface area (Å²) in [5.41, 5.74) is 1.14. The molecule has 17 heavy (non-hydrogen) atoms. The van der Waals surface area contributed by atoms with E-state index in [0.29, 0.717) is 0 Å². The molecule has 0 bridgehead atoms. The van der Waals surface area contributed by atoms with Gasteiger partial charge in [0.05, 0.1) is 14.2 Å². The van der Waals surface area contributed by atoms with Crippen LogP contribution in [0, 0.1) is 0 Å². The zero-order valence-electron chi connectivity index (χ0n) is 10.3. The van der Waals surface area contributed by atoms with E-state index in [2.05, 4.69) is 4.74 Å². The Labute approximate surface area is 101 Å². The molecule has 0 aromatic heterocycles. The van der Waals surface area contributed by atoms with E-state index in [9.17, 15) is 4.79 Å². The second kappa shape index (κ2) is 6.58. The first-order valence-corrected chi connectivity index (χ1v) is 5.25. The largest absolute Gasteiger partial charge is 0.497 e. The number of methoxy groups -OCH3 is 2. The Morgan fingerprint density at radius 2 is 1.94 bits per heavy atom. The molecule has 92 valence electrons. The van der Waals surface area contributed by atoms with Gasteiger partial charge in [-0.3, -0.25) is 0 Å². The number of ether oxygens (including phenoxy) is 2. The van der Waals surface area contributed by atoms with Crippen LogP contribution in [-0.4, -0.2) is 32.1 Å². The molecule has 0 aliphatic carbocycles. The summed E-state index contributed by atoms with van der Waals surface area (Å²) in [6, 6.07) is 7.79. The number of hydrogen-bond donors (Lipinski definition) is 0. The zero-order chi connectivity index (χ0) is 12.7. The molecule has 1 aromatic rings. The molecule has 1 aromatic carbocycles. The van der Waals surface area contributed by atoms with Gasteiger partial charge in [-0.1, -0.05) is 12.1 Å². The molecule has 0 radical (unpaired) electrons. The molecule has 1 rings (SSSR count). The van der Waals surface area contributed by atoms with Crippen LogP contribution in [0.25, 0.3) is 0 Å². The fraction of sp³-hybridized carbons (Fsp3) is 0.308. The lowest BCUT2D eigenvalue weighted by Gasteiger charge is -2.13. The van der Waals surface area contributed by atoms with Gasteiger partial charge in [-0.05, 0) is 17.7 Å². The minimum absolute atomic E-state index is 0.355. The van der Waals surface area contributed by atoms with E-state index in [4.69, 9.17) is 4.74 Å². The van der Waals surface area contributed by atoms with Crippen LogP contribution in [0.4, 0.5) is 0 Å². The van der Waals surface area contributed by atoms with Gasteiger partial charge in [-0.15, -0.1) is 0 Å². The summed E-state index contributed by atoms with van der Waals surface area (Å²) < 4.78 is 9.59. The summed E-state index contributed by atoms with van der Waals surface area (Å²) in [4.78, 5) is 12.8. The molecule has 0 saturated carbocycles. The first-order chi connectivity index (χ1) is 8.15. The van der Waals surface area contributed by atoms with Crippen molar-refractivity contribution < 1.29 is 14.3 Å². The molecule has 0 fully saturated rings. The van der Waals surface area contributed by atoms with Crippen LogP contribution in [0.15, 0.2) is 36.5 Å². The summed E-state index contributed by atoms with van der Waals surface area (Å²) in [5, 5.41) is 0. The summed E-state index contributed by atoms with van der Waals surface area (Å²) in [6.07, 6.45) is 3.08. The number of carbonyl (C=O) groups excluding carboxylic acids is 1. The second-order valence-electron chi connectivity index (χ2n) is 3.60. The zero-order valence-corrected chi connectivity index (χ0v) is 10.3. The van der Waals surface area contributed by atoms with E-state index in [0.717, 1.165) is 17.9 Å². The van der Waals surface area contributed by atoms with Crippen LogP contribution in [0.5, 0.6) is 5.75 Å². The van der Waals surface area contributed by atoms with Crippen LogP contribution in [0.1, 0.15) is 5.56 Å². The standard InChI is InChI=1S/C13H17NO3/c1-14(9-8-13(15)17-3)10-11-4-6-12(16-2)7-5-11/h4-9H,10H2,1-3H3. The first kappa shape index (κ1) is 13.1. The molecule has 0 aliphatic heterocycles. The highest BCUT2D eigenvalue weighted by molar-refractivity contribution is 5.81. The average molecular weight is 235 g/mol. The monoisotopic (exact) mass is 235 g/mol. The van der Waals surface area contributed by atoms with Crippen molar-refractivity contribution in [3.63, 3.8) is 0 Å². The minimum Gasteiger partial charge on any atom is -0.497 e. The van der Waals surface area contributed by atoms with Crippen molar-refractivity contribution in [2.45, 2.75) is 6.54 Å². The van der Waals surface area contributed by atoms with Gasteiger partial charge >= 0.3 is 5.97 Å². The molecule has 0 aliphatic rings. The van der Waals surface area contributed by atoms with Crippen LogP contribution in [-0.2, 0) is 16.1 Å². The predicted molar refractivity (Wildman–Crippen MR) is 65.6 cm³/mol. The van der Waals surface area contributed by atoms with Gasteiger partial charge in [-0.2, -0.15) is 0 Å². The molecule has 0 N–H and O–H groups in total. The van der Waals surface area contributed by atoms with Gasteiger partial charge in [0.15, 0.2) is 0 Å². The Kier molecular flexibility index (Phi) is 5.07. The maximum Gasteiger partial charge on any atom is 0.331 e. The molecule has 4 heteroatoms. The summed E-state index contributed by atoms with van der Waals surface area (Å²) in [5.74, 6) is 0.480. The second-order valence-corrected chi connectivity index (χ2v) is 3.60. The average Bonchev–Trinajstić information content (AvgIpc) is 2.36. The van der Waals surface area contributed by atoms with E-state index in [1.807, 2.05) is 36.2 Å². The molecule has 4 nitrogen and oxygen atoms in total. The maximum atomic E-state index is 10.9. The number of hydrogen-bond acceptors (Lipinski definition) is 4. The lowest BCUT2D eigenvalue weighted by molar-refractivity contribution is -0.134. The summed E-state index contributed by atoms with van der Waals surface area (Å²) in [7, 11) is 4.89. The number of esters is 1. The predicted octanol–water partition coefficient (Wildman–Crippen LogP) is 1.81. The highest BCUT2D eigenvalue weighted by Gasteiger charge is 1.98. The molecule has 0 heterocycles. The third-order valence-electron chi connectivity index (χ3n) is 2.26. The van der Waals surface area contributed by atoms with Crippen molar-refractivity contribution in [2.75, 3.05) is 21.3 Å². The van der Waals surface area contributed by atoms with Gasteiger partial charge in [0.1, 0.15) is 5.75 Å². The van der Waals surface area contributed by atoms with Crippen molar-refractivity contribution >= 4 is 5.97 Å². The highest BCUT2D eigenvalue weighted by Crippen LogP contribution is 2.12. The van der Waals surface area contributed by atoms with Crippen molar-refractivity contribution in [3.8, 4) is 5.75 Å². The summed E-state index contributed by atoms with van der Waals surface area (Å²) in [6.45, 7) is 0.720. The smallest absolute Gasteiger partial charge is 0.331 e. The van der Waals surface area contributed by atoms with E-state index in [1.54, 1.807) is 13.3 Å². The first-order valence-electron chi connectivity index (χ1n) is 5.25. The quantitative estimate of drug-likeness (QED) is 0.576. The molecule has 0 unspecified atom stereocenters. The highest BCUT2D eigenvalue weighted by atomic mass is 16.5. The molecule has 0 amide bonds. The Morgan fingerprint density at radius 3 is 2.47 bits per heavy atom.